The zero-order chi connectivity index (χ0) is 6.04. The summed E-state index contributed by atoms with van der Waals surface area (Å²) in [6, 6.07) is 0. The zero-order valence-corrected chi connectivity index (χ0v) is 5.12. The Balaban J connectivity index is 2.40. The SMILES string of the molecule is [CH2]CC1(F)CCCC1. The fraction of sp³-hybridized carbons (Fsp3) is 0.857. The van der Waals surface area contributed by atoms with Gasteiger partial charge in [-0.15, -0.1) is 0 Å². The van der Waals surface area contributed by atoms with E-state index in [0.29, 0.717) is 6.42 Å². The molecule has 0 aromatic carbocycles. The van der Waals surface area contributed by atoms with Gasteiger partial charge in [-0.1, -0.05) is 19.8 Å². The Labute approximate surface area is 50.1 Å². The van der Waals surface area contributed by atoms with Crippen LogP contribution in [0, 0.1) is 6.92 Å². The molecule has 0 aromatic heterocycles. The second-order valence-electron chi connectivity index (χ2n) is 2.61. The van der Waals surface area contributed by atoms with Crippen molar-refractivity contribution in [2.75, 3.05) is 0 Å². The standard InChI is InChI=1S/C7H12F/c1-2-7(8)5-3-4-6-7/h1-6H2. The third kappa shape index (κ3) is 1.01. The van der Waals surface area contributed by atoms with Crippen LogP contribution in [-0.2, 0) is 0 Å². The van der Waals surface area contributed by atoms with Crippen LogP contribution in [-0.4, -0.2) is 5.67 Å². The second-order valence-corrected chi connectivity index (χ2v) is 2.61. The molecule has 1 fully saturated rings. The highest BCUT2D eigenvalue weighted by Gasteiger charge is 2.30. The molecule has 0 aromatic rings. The van der Waals surface area contributed by atoms with Crippen LogP contribution in [0.5, 0.6) is 0 Å². The number of hydrogen-bond acceptors (Lipinski definition) is 0. The third-order valence-electron chi connectivity index (χ3n) is 1.95. The molecule has 47 valence electrons. The summed E-state index contributed by atoms with van der Waals surface area (Å²) < 4.78 is 13.0. The predicted molar refractivity (Wildman–Crippen MR) is 32.3 cm³/mol. The Morgan fingerprint density at radius 1 is 1.38 bits per heavy atom. The maximum absolute atomic E-state index is 13.0. The minimum absolute atomic E-state index is 0.465. The first-order chi connectivity index (χ1) is 3.77. The van der Waals surface area contributed by atoms with E-state index in [2.05, 4.69) is 6.92 Å². The molecular formula is C7H12F. The first-order valence-electron chi connectivity index (χ1n) is 3.25. The number of rotatable bonds is 1. The lowest BCUT2D eigenvalue weighted by atomic mass is 10.0. The maximum Gasteiger partial charge on any atom is 0.111 e. The van der Waals surface area contributed by atoms with Gasteiger partial charge in [0.15, 0.2) is 0 Å². The van der Waals surface area contributed by atoms with Crippen molar-refractivity contribution in [2.24, 2.45) is 0 Å². The largest absolute Gasteiger partial charge is 0.244 e. The van der Waals surface area contributed by atoms with E-state index < -0.39 is 5.67 Å². The molecule has 1 aliphatic rings. The summed E-state index contributed by atoms with van der Waals surface area (Å²) in [5.41, 5.74) is -0.875. The Kier molecular flexibility index (Phi) is 1.54. The van der Waals surface area contributed by atoms with Gasteiger partial charge in [-0.3, -0.25) is 0 Å². The fourth-order valence-electron chi connectivity index (χ4n) is 1.26. The van der Waals surface area contributed by atoms with E-state index in [0.717, 1.165) is 25.7 Å². The van der Waals surface area contributed by atoms with Crippen LogP contribution in [0.2, 0.25) is 0 Å². The van der Waals surface area contributed by atoms with E-state index in [-0.39, 0.29) is 0 Å². The van der Waals surface area contributed by atoms with E-state index >= 15 is 0 Å². The molecule has 1 radical (unpaired) electrons. The summed E-state index contributed by atoms with van der Waals surface area (Å²) in [4.78, 5) is 0. The molecule has 1 saturated carbocycles. The van der Waals surface area contributed by atoms with Gasteiger partial charge < -0.3 is 0 Å². The fourth-order valence-corrected chi connectivity index (χ4v) is 1.26. The Hall–Kier alpha value is -0.0700. The second kappa shape index (κ2) is 2.04. The molecule has 0 saturated heterocycles. The molecule has 0 N–H and O–H groups in total. The van der Waals surface area contributed by atoms with Crippen LogP contribution in [0.1, 0.15) is 32.1 Å². The molecule has 0 nitrogen and oxygen atoms in total. The monoisotopic (exact) mass is 115 g/mol. The summed E-state index contributed by atoms with van der Waals surface area (Å²) in [5.74, 6) is 0. The average Bonchev–Trinajstić information content (AvgIpc) is 2.17. The summed E-state index contributed by atoms with van der Waals surface area (Å²) in [6.07, 6.45) is 4.08. The highest BCUT2D eigenvalue weighted by Crippen LogP contribution is 2.35. The smallest absolute Gasteiger partial charge is 0.111 e. The van der Waals surface area contributed by atoms with E-state index in [4.69, 9.17) is 0 Å². The summed E-state index contributed by atoms with van der Waals surface area (Å²) >= 11 is 0. The molecule has 0 atom stereocenters. The molecule has 8 heavy (non-hydrogen) atoms. The normalized spacial score (nSPS) is 26.2. The minimum atomic E-state index is -0.875. The van der Waals surface area contributed by atoms with Crippen molar-refractivity contribution in [3.63, 3.8) is 0 Å². The predicted octanol–water partition coefficient (Wildman–Crippen LogP) is 2.49. The van der Waals surface area contributed by atoms with Crippen LogP contribution in [0.25, 0.3) is 0 Å². The van der Waals surface area contributed by atoms with Crippen molar-refractivity contribution in [1.82, 2.24) is 0 Å². The summed E-state index contributed by atoms with van der Waals surface area (Å²) in [7, 11) is 0. The van der Waals surface area contributed by atoms with Crippen molar-refractivity contribution in [1.29, 1.82) is 0 Å². The lowest BCUT2D eigenvalue weighted by Gasteiger charge is -2.14. The highest BCUT2D eigenvalue weighted by molar-refractivity contribution is 4.84. The molecule has 0 heterocycles. The van der Waals surface area contributed by atoms with E-state index in [1.807, 2.05) is 0 Å². The van der Waals surface area contributed by atoms with Crippen LogP contribution in [0.4, 0.5) is 4.39 Å². The van der Waals surface area contributed by atoms with Gasteiger partial charge in [0.25, 0.3) is 0 Å². The van der Waals surface area contributed by atoms with Gasteiger partial charge in [-0.2, -0.15) is 0 Å². The van der Waals surface area contributed by atoms with Gasteiger partial charge in [0.05, 0.1) is 0 Å². The summed E-state index contributed by atoms with van der Waals surface area (Å²) in [5, 5.41) is 0. The molecule has 0 bridgehead atoms. The van der Waals surface area contributed by atoms with Crippen molar-refractivity contribution in [3.05, 3.63) is 6.92 Å². The van der Waals surface area contributed by atoms with E-state index in [9.17, 15) is 4.39 Å². The van der Waals surface area contributed by atoms with Crippen molar-refractivity contribution in [3.8, 4) is 0 Å². The minimum Gasteiger partial charge on any atom is -0.244 e. The Morgan fingerprint density at radius 3 is 2.12 bits per heavy atom. The lowest BCUT2D eigenvalue weighted by Crippen LogP contribution is -2.14. The number of hydrogen-bond donors (Lipinski definition) is 0. The van der Waals surface area contributed by atoms with Gasteiger partial charge in [0, 0.05) is 0 Å². The Morgan fingerprint density at radius 2 is 1.88 bits per heavy atom. The topological polar surface area (TPSA) is 0 Å². The first kappa shape index (κ1) is 6.06. The van der Waals surface area contributed by atoms with Crippen molar-refractivity contribution >= 4 is 0 Å². The maximum atomic E-state index is 13.0. The molecule has 1 heteroatoms. The molecular weight excluding hydrogens is 103 g/mol. The van der Waals surface area contributed by atoms with Crippen LogP contribution in [0.3, 0.4) is 0 Å². The Bertz CT molecular complexity index is 72.5. The van der Waals surface area contributed by atoms with E-state index in [1.54, 1.807) is 0 Å². The molecule has 0 unspecified atom stereocenters. The van der Waals surface area contributed by atoms with Crippen molar-refractivity contribution in [2.45, 2.75) is 37.8 Å². The van der Waals surface area contributed by atoms with Gasteiger partial charge in [0.2, 0.25) is 0 Å². The van der Waals surface area contributed by atoms with E-state index in [1.165, 1.54) is 0 Å². The molecule has 1 rings (SSSR count). The quantitative estimate of drug-likeness (QED) is 0.492. The zero-order valence-electron chi connectivity index (χ0n) is 5.12. The van der Waals surface area contributed by atoms with Crippen LogP contribution < -0.4 is 0 Å². The first-order valence-corrected chi connectivity index (χ1v) is 3.25. The molecule has 0 spiro atoms. The van der Waals surface area contributed by atoms with Gasteiger partial charge >= 0.3 is 0 Å². The molecule has 0 aliphatic heterocycles. The average molecular weight is 115 g/mol. The highest BCUT2D eigenvalue weighted by atomic mass is 19.1. The van der Waals surface area contributed by atoms with Gasteiger partial charge in [-0.25, -0.2) is 4.39 Å². The lowest BCUT2D eigenvalue weighted by molar-refractivity contribution is 0.176. The van der Waals surface area contributed by atoms with Gasteiger partial charge in [0.1, 0.15) is 5.67 Å². The number of halogens is 1. The van der Waals surface area contributed by atoms with Crippen LogP contribution >= 0.6 is 0 Å². The number of alkyl halides is 1. The van der Waals surface area contributed by atoms with Crippen molar-refractivity contribution < 1.29 is 4.39 Å². The van der Waals surface area contributed by atoms with Gasteiger partial charge in [-0.05, 0) is 19.3 Å². The molecule has 1 aliphatic carbocycles. The third-order valence-corrected chi connectivity index (χ3v) is 1.95. The van der Waals surface area contributed by atoms with Crippen LogP contribution in [0.15, 0.2) is 0 Å². The molecule has 0 amide bonds. The summed E-state index contributed by atoms with van der Waals surface area (Å²) in [6.45, 7) is 3.56.